The Kier molecular flexibility index (Phi) is 4.06. The molecule has 1 saturated heterocycles. The van der Waals surface area contributed by atoms with E-state index in [1.807, 2.05) is 0 Å². The van der Waals surface area contributed by atoms with Crippen LogP contribution >= 0.6 is 0 Å². The van der Waals surface area contributed by atoms with Gasteiger partial charge in [-0.05, 0) is 13.3 Å². The Morgan fingerprint density at radius 2 is 2.38 bits per heavy atom. The number of rotatable bonds is 4. The van der Waals surface area contributed by atoms with Crippen LogP contribution in [0.4, 0.5) is 0 Å². The zero-order valence-electron chi connectivity index (χ0n) is 9.60. The molecule has 0 spiro atoms. The number of nitrogens with zero attached hydrogens (tertiary/aromatic N) is 1. The number of likely N-dealkylation sites (tertiary alicyclic amines) is 1. The Morgan fingerprint density at radius 3 is 2.88 bits per heavy atom. The molecule has 0 saturated carbocycles. The van der Waals surface area contributed by atoms with Gasteiger partial charge in [0.2, 0.25) is 0 Å². The normalized spacial score (nSPS) is 22.1. The molecule has 2 atom stereocenters. The summed E-state index contributed by atoms with van der Waals surface area (Å²) < 4.78 is 4.97. The molecule has 0 aromatic heterocycles. The molecule has 0 aliphatic carbocycles. The number of esters is 1. The smallest absolute Gasteiger partial charge is 0.333 e. The van der Waals surface area contributed by atoms with Gasteiger partial charge in [0.05, 0.1) is 0 Å². The van der Waals surface area contributed by atoms with Gasteiger partial charge in [0.25, 0.3) is 5.91 Å². The molecule has 0 aromatic rings. The zero-order chi connectivity index (χ0) is 12.3. The number of carbonyl (C=O) groups excluding carboxylic acids is 2. The third-order valence-electron chi connectivity index (χ3n) is 2.51. The largest absolute Gasteiger partial charge is 0.449 e. The van der Waals surface area contributed by atoms with Crippen molar-refractivity contribution in [2.75, 3.05) is 6.54 Å². The van der Waals surface area contributed by atoms with Crippen molar-refractivity contribution < 1.29 is 19.4 Å². The lowest BCUT2D eigenvalue weighted by molar-refractivity contribution is -0.156. The van der Waals surface area contributed by atoms with Gasteiger partial charge in [-0.2, -0.15) is 0 Å². The summed E-state index contributed by atoms with van der Waals surface area (Å²) in [6.45, 7) is 7.17. The third-order valence-corrected chi connectivity index (χ3v) is 2.51. The highest BCUT2D eigenvalue weighted by Gasteiger charge is 2.37. The highest BCUT2D eigenvalue weighted by Crippen LogP contribution is 2.18. The zero-order valence-corrected chi connectivity index (χ0v) is 9.60. The van der Waals surface area contributed by atoms with Gasteiger partial charge in [0.1, 0.15) is 6.23 Å². The van der Waals surface area contributed by atoms with Crippen LogP contribution in [0.25, 0.3) is 0 Å². The fourth-order valence-corrected chi connectivity index (χ4v) is 1.53. The number of aliphatic hydroxyl groups is 1. The Labute approximate surface area is 94.7 Å². The molecule has 0 aromatic carbocycles. The Balaban J connectivity index is 2.58. The van der Waals surface area contributed by atoms with Crippen LogP contribution in [0.15, 0.2) is 12.2 Å². The Hall–Kier alpha value is -1.36. The SMILES string of the molecule is C=C(C)C(=O)OC1CCN(C(O)CC)C1=O. The molecule has 1 amide bonds. The molecule has 0 bridgehead atoms. The Morgan fingerprint density at radius 1 is 1.75 bits per heavy atom. The summed E-state index contributed by atoms with van der Waals surface area (Å²) in [6.07, 6.45) is -0.673. The number of carbonyl (C=O) groups is 2. The third kappa shape index (κ3) is 2.61. The van der Waals surface area contributed by atoms with Gasteiger partial charge >= 0.3 is 5.97 Å². The van der Waals surface area contributed by atoms with Crippen LogP contribution in [0.2, 0.25) is 0 Å². The molecule has 1 aliphatic heterocycles. The van der Waals surface area contributed by atoms with Crippen LogP contribution in [0.5, 0.6) is 0 Å². The fraction of sp³-hybridized carbons (Fsp3) is 0.636. The molecule has 90 valence electrons. The number of hydrogen-bond acceptors (Lipinski definition) is 4. The van der Waals surface area contributed by atoms with E-state index in [1.54, 1.807) is 6.92 Å². The predicted molar refractivity (Wildman–Crippen MR) is 57.3 cm³/mol. The molecule has 16 heavy (non-hydrogen) atoms. The van der Waals surface area contributed by atoms with E-state index in [0.29, 0.717) is 19.4 Å². The number of hydrogen-bond donors (Lipinski definition) is 1. The predicted octanol–water partition coefficient (Wildman–Crippen LogP) is 0.435. The van der Waals surface area contributed by atoms with Crippen molar-refractivity contribution in [3.63, 3.8) is 0 Å². The Bertz CT molecular complexity index is 313. The lowest BCUT2D eigenvalue weighted by Crippen LogP contribution is -2.39. The van der Waals surface area contributed by atoms with Gasteiger partial charge in [-0.3, -0.25) is 4.79 Å². The van der Waals surface area contributed by atoms with E-state index in [0.717, 1.165) is 0 Å². The molecule has 1 rings (SSSR count). The maximum absolute atomic E-state index is 11.7. The lowest BCUT2D eigenvalue weighted by Gasteiger charge is -2.21. The maximum Gasteiger partial charge on any atom is 0.333 e. The van der Waals surface area contributed by atoms with Gasteiger partial charge in [0.15, 0.2) is 6.10 Å². The molecule has 5 heteroatoms. The van der Waals surface area contributed by atoms with E-state index >= 15 is 0 Å². The summed E-state index contributed by atoms with van der Waals surface area (Å²) in [5, 5.41) is 9.54. The minimum atomic E-state index is -0.791. The van der Waals surface area contributed by atoms with E-state index in [-0.39, 0.29) is 11.5 Å². The van der Waals surface area contributed by atoms with E-state index in [4.69, 9.17) is 4.74 Å². The van der Waals surface area contributed by atoms with Crippen molar-refractivity contribution in [2.24, 2.45) is 0 Å². The van der Waals surface area contributed by atoms with Crippen molar-refractivity contribution in [3.8, 4) is 0 Å². The van der Waals surface area contributed by atoms with Crippen molar-refractivity contribution in [1.82, 2.24) is 4.90 Å². The first-order valence-electron chi connectivity index (χ1n) is 5.32. The molecule has 5 nitrogen and oxygen atoms in total. The van der Waals surface area contributed by atoms with Crippen molar-refractivity contribution in [2.45, 2.75) is 39.0 Å². The monoisotopic (exact) mass is 227 g/mol. The van der Waals surface area contributed by atoms with E-state index in [1.165, 1.54) is 11.8 Å². The van der Waals surface area contributed by atoms with E-state index in [2.05, 4.69) is 6.58 Å². The lowest BCUT2D eigenvalue weighted by atomic mass is 10.3. The maximum atomic E-state index is 11.7. The van der Waals surface area contributed by atoms with Gasteiger partial charge in [-0.25, -0.2) is 4.79 Å². The summed E-state index contributed by atoms with van der Waals surface area (Å²) in [5.41, 5.74) is 0.266. The second kappa shape index (κ2) is 5.12. The summed E-state index contributed by atoms with van der Waals surface area (Å²) in [6, 6.07) is 0. The van der Waals surface area contributed by atoms with Crippen molar-refractivity contribution in [3.05, 3.63) is 12.2 Å². The number of amides is 1. The van der Waals surface area contributed by atoms with Gasteiger partial charge in [0, 0.05) is 18.5 Å². The van der Waals surface area contributed by atoms with Crippen LogP contribution in [0.3, 0.4) is 0 Å². The summed E-state index contributed by atoms with van der Waals surface area (Å²) >= 11 is 0. The molecule has 0 radical (unpaired) electrons. The standard InChI is InChI=1S/C11H17NO4/c1-4-9(13)12-6-5-8(10(12)14)16-11(15)7(2)3/h8-9,13H,2,4-6H2,1,3H3. The molecular formula is C11H17NO4. The minimum absolute atomic E-state index is 0.266. The van der Waals surface area contributed by atoms with Crippen molar-refractivity contribution >= 4 is 11.9 Å². The van der Waals surface area contributed by atoms with Crippen LogP contribution in [-0.2, 0) is 14.3 Å². The number of aliphatic hydroxyl groups excluding tert-OH is 1. The average molecular weight is 227 g/mol. The molecule has 1 heterocycles. The average Bonchev–Trinajstić information content (AvgIpc) is 2.59. The molecule has 1 N–H and O–H groups in total. The molecular weight excluding hydrogens is 210 g/mol. The van der Waals surface area contributed by atoms with Gasteiger partial charge in [-0.15, -0.1) is 0 Å². The summed E-state index contributed by atoms with van der Waals surface area (Å²) in [7, 11) is 0. The summed E-state index contributed by atoms with van der Waals surface area (Å²) in [5.74, 6) is -0.893. The second-order valence-electron chi connectivity index (χ2n) is 3.88. The molecule has 1 aliphatic rings. The van der Waals surface area contributed by atoms with E-state index in [9.17, 15) is 14.7 Å². The van der Waals surface area contributed by atoms with Crippen LogP contribution in [0.1, 0.15) is 26.7 Å². The first kappa shape index (κ1) is 12.7. The van der Waals surface area contributed by atoms with E-state index < -0.39 is 18.3 Å². The molecule has 2 unspecified atom stereocenters. The van der Waals surface area contributed by atoms with Crippen LogP contribution < -0.4 is 0 Å². The highest BCUT2D eigenvalue weighted by atomic mass is 16.5. The quantitative estimate of drug-likeness (QED) is 0.559. The highest BCUT2D eigenvalue weighted by molar-refractivity contribution is 5.91. The topological polar surface area (TPSA) is 66.8 Å². The van der Waals surface area contributed by atoms with Gasteiger partial charge in [-0.1, -0.05) is 13.5 Å². The second-order valence-corrected chi connectivity index (χ2v) is 3.88. The van der Waals surface area contributed by atoms with Gasteiger partial charge < -0.3 is 14.7 Å². The summed E-state index contributed by atoms with van der Waals surface area (Å²) in [4.78, 5) is 24.3. The number of ether oxygens (including phenoxy) is 1. The first-order valence-corrected chi connectivity index (χ1v) is 5.32. The van der Waals surface area contributed by atoms with Crippen LogP contribution in [0, 0.1) is 0 Å². The molecule has 1 fully saturated rings. The minimum Gasteiger partial charge on any atom is -0.449 e. The van der Waals surface area contributed by atoms with Crippen molar-refractivity contribution in [1.29, 1.82) is 0 Å². The first-order chi connectivity index (χ1) is 7.47. The van der Waals surface area contributed by atoms with Crippen LogP contribution in [-0.4, -0.2) is 40.8 Å². The fourth-order valence-electron chi connectivity index (χ4n) is 1.53.